The molecule has 0 radical (unpaired) electrons. The van der Waals surface area contributed by atoms with Crippen LogP contribution in [-0.2, 0) is 9.53 Å². The molecule has 1 rings (SSSR count). The van der Waals surface area contributed by atoms with Crippen molar-refractivity contribution in [3.8, 4) is 0 Å². The monoisotopic (exact) mass is 214 g/mol. The van der Waals surface area contributed by atoms with Crippen molar-refractivity contribution in [2.45, 2.75) is 32.2 Å². The van der Waals surface area contributed by atoms with Crippen molar-refractivity contribution in [2.24, 2.45) is 0 Å². The SMILES string of the molecule is CCCCOC(=O)CN(C)C1CCNC1. The van der Waals surface area contributed by atoms with E-state index in [2.05, 4.69) is 17.1 Å². The van der Waals surface area contributed by atoms with Gasteiger partial charge in [-0.25, -0.2) is 0 Å². The number of esters is 1. The Morgan fingerprint density at radius 3 is 3.00 bits per heavy atom. The van der Waals surface area contributed by atoms with Gasteiger partial charge in [-0.1, -0.05) is 13.3 Å². The van der Waals surface area contributed by atoms with Gasteiger partial charge in [-0.05, 0) is 26.4 Å². The first kappa shape index (κ1) is 12.5. The predicted octanol–water partition coefficient (Wildman–Crippen LogP) is 0.623. The number of nitrogens with one attached hydrogen (secondary N) is 1. The molecule has 88 valence electrons. The molecule has 1 aliphatic rings. The molecule has 1 heterocycles. The second-order valence-corrected chi connectivity index (χ2v) is 4.14. The molecule has 0 aromatic rings. The van der Waals surface area contributed by atoms with Crippen LogP contribution in [0.25, 0.3) is 0 Å². The Morgan fingerprint density at radius 2 is 2.40 bits per heavy atom. The van der Waals surface area contributed by atoms with Gasteiger partial charge in [0, 0.05) is 12.6 Å². The number of carbonyl (C=O) groups is 1. The molecular weight excluding hydrogens is 192 g/mol. The number of ether oxygens (including phenoxy) is 1. The maximum atomic E-state index is 11.4. The molecule has 1 fully saturated rings. The highest BCUT2D eigenvalue weighted by molar-refractivity contribution is 5.71. The molecule has 0 aromatic heterocycles. The fourth-order valence-electron chi connectivity index (χ4n) is 1.72. The molecule has 4 nitrogen and oxygen atoms in total. The highest BCUT2D eigenvalue weighted by atomic mass is 16.5. The molecule has 1 aliphatic heterocycles. The van der Waals surface area contributed by atoms with Crippen LogP contribution < -0.4 is 5.32 Å². The van der Waals surface area contributed by atoms with Gasteiger partial charge in [-0.2, -0.15) is 0 Å². The second kappa shape index (κ2) is 6.80. The Kier molecular flexibility index (Phi) is 5.65. The number of rotatable bonds is 6. The highest BCUT2D eigenvalue weighted by Crippen LogP contribution is 2.05. The zero-order valence-electron chi connectivity index (χ0n) is 9.79. The van der Waals surface area contributed by atoms with Crippen LogP contribution in [-0.4, -0.2) is 50.2 Å². The van der Waals surface area contributed by atoms with E-state index in [0.717, 1.165) is 32.4 Å². The van der Waals surface area contributed by atoms with Gasteiger partial charge in [0.1, 0.15) is 0 Å². The summed E-state index contributed by atoms with van der Waals surface area (Å²) in [6.07, 6.45) is 3.15. The van der Waals surface area contributed by atoms with Crippen LogP contribution in [0.1, 0.15) is 26.2 Å². The van der Waals surface area contributed by atoms with E-state index in [9.17, 15) is 4.79 Å². The van der Waals surface area contributed by atoms with Crippen LogP contribution in [0, 0.1) is 0 Å². The van der Waals surface area contributed by atoms with Gasteiger partial charge in [0.25, 0.3) is 0 Å². The summed E-state index contributed by atoms with van der Waals surface area (Å²) in [4.78, 5) is 13.5. The fourth-order valence-corrected chi connectivity index (χ4v) is 1.72. The van der Waals surface area contributed by atoms with E-state index in [-0.39, 0.29) is 5.97 Å². The maximum Gasteiger partial charge on any atom is 0.320 e. The Bertz CT molecular complexity index is 191. The number of likely N-dealkylation sites (N-methyl/N-ethyl adjacent to an activating group) is 1. The van der Waals surface area contributed by atoms with Gasteiger partial charge in [0.15, 0.2) is 0 Å². The normalized spacial score (nSPS) is 20.9. The molecule has 1 atom stereocenters. The lowest BCUT2D eigenvalue weighted by atomic mass is 10.2. The van der Waals surface area contributed by atoms with Crippen LogP contribution >= 0.6 is 0 Å². The molecule has 0 amide bonds. The maximum absolute atomic E-state index is 11.4. The summed E-state index contributed by atoms with van der Waals surface area (Å²) >= 11 is 0. The summed E-state index contributed by atoms with van der Waals surface area (Å²) < 4.78 is 5.11. The molecule has 1 N–H and O–H groups in total. The van der Waals surface area contributed by atoms with Crippen LogP contribution in [0.3, 0.4) is 0 Å². The van der Waals surface area contributed by atoms with Crippen LogP contribution in [0.2, 0.25) is 0 Å². The second-order valence-electron chi connectivity index (χ2n) is 4.14. The van der Waals surface area contributed by atoms with E-state index >= 15 is 0 Å². The Balaban J connectivity index is 2.13. The molecule has 0 bridgehead atoms. The zero-order chi connectivity index (χ0) is 11.1. The largest absolute Gasteiger partial charge is 0.465 e. The molecular formula is C11H22N2O2. The first-order valence-corrected chi connectivity index (χ1v) is 5.80. The Hall–Kier alpha value is -0.610. The zero-order valence-corrected chi connectivity index (χ0v) is 9.79. The van der Waals surface area contributed by atoms with Crippen molar-refractivity contribution in [1.82, 2.24) is 10.2 Å². The van der Waals surface area contributed by atoms with Crippen molar-refractivity contribution in [3.05, 3.63) is 0 Å². The van der Waals surface area contributed by atoms with Crippen LogP contribution in [0.4, 0.5) is 0 Å². The standard InChI is InChI=1S/C11H22N2O2/c1-3-4-7-15-11(14)9-13(2)10-5-6-12-8-10/h10,12H,3-9H2,1-2H3. The van der Waals surface area contributed by atoms with E-state index in [1.165, 1.54) is 0 Å². The van der Waals surface area contributed by atoms with Crippen LogP contribution in [0.5, 0.6) is 0 Å². The number of nitrogens with zero attached hydrogens (tertiary/aromatic N) is 1. The summed E-state index contributed by atoms with van der Waals surface area (Å²) in [5.74, 6) is -0.0992. The lowest BCUT2D eigenvalue weighted by Gasteiger charge is -2.22. The third-order valence-electron chi connectivity index (χ3n) is 2.80. The molecule has 1 saturated heterocycles. The molecule has 15 heavy (non-hydrogen) atoms. The topological polar surface area (TPSA) is 41.6 Å². The lowest BCUT2D eigenvalue weighted by Crippen LogP contribution is -2.37. The predicted molar refractivity (Wildman–Crippen MR) is 59.8 cm³/mol. The van der Waals surface area contributed by atoms with Gasteiger partial charge in [0.2, 0.25) is 0 Å². The number of carbonyl (C=O) groups excluding carboxylic acids is 1. The minimum absolute atomic E-state index is 0.0992. The van der Waals surface area contributed by atoms with E-state index in [4.69, 9.17) is 4.74 Å². The summed E-state index contributed by atoms with van der Waals surface area (Å²) in [5.41, 5.74) is 0. The van der Waals surface area contributed by atoms with Gasteiger partial charge in [-0.15, -0.1) is 0 Å². The number of hydrogen-bond donors (Lipinski definition) is 1. The van der Waals surface area contributed by atoms with Crippen molar-refractivity contribution in [2.75, 3.05) is 33.3 Å². The number of unbranched alkanes of at least 4 members (excludes halogenated alkanes) is 1. The minimum Gasteiger partial charge on any atom is -0.465 e. The van der Waals surface area contributed by atoms with E-state index < -0.39 is 0 Å². The van der Waals surface area contributed by atoms with Crippen molar-refractivity contribution >= 4 is 5.97 Å². The number of hydrogen-bond acceptors (Lipinski definition) is 4. The third kappa shape index (κ3) is 4.62. The van der Waals surface area contributed by atoms with E-state index in [1.54, 1.807) is 0 Å². The van der Waals surface area contributed by atoms with Gasteiger partial charge in [-0.3, -0.25) is 9.69 Å². The highest BCUT2D eigenvalue weighted by Gasteiger charge is 2.21. The molecule has 0 aliphatic carbocycles. The molecule has 4 heteroatoms. The smallest absolute Gasteiger partial charge is 0.320 e. The van der Waals surface area contributed by atoms with Crippen molar-refractivity contribution in [3.63, 3.8) is 0 Å². The van der Waals surface area contributed by atoms with Crippen LogP contribution in [0.15, 0.2) is 0 Å². The van der Waals surface area contributed by atoms with Gasteiger partial charge in [0.05, 0.1) is 13.2 Å². The molecule has 0 spiro atoms. The Morgan fingerprint density at radius 1 is 1.60 bits per heavy atom. The molecule has 0 aromatic carbocycles. The lowest BCUT2D eigenvalue weighted by molar-refractivity contribution is -0.145. The average Bonchev–Trinajstić information content (AvgIpc) is 2.70. The quantitative estimate of drug-likeness (QED) is 0.520. The average molecular weight is 214 g/mol. The minimum atomic E-state index is -0.0992. The van der Waals surface area contributed by atoms with E-state index in [0.29, 0.717) is 19.2 Å². The molecule has 0 saturated carbocycles. The Labute approximate surface area is 92.0 Å². The fraction of sp³-hybridized carbons (Fsp3) is 0.909. The van der Waals surface area contributed by atoms with Gasteiger partial charge >= 0.3 is 5.97 Å². The van der Waals surface area contributed by atoms with Gasteiger partial charge < -0.3 is 10.1 Å². The summed E-state index contributed by atoms with van der Waals surface area (Å²) in [7, 11) is 1.98. The summed E-state index contributed by atoms with van der Waals surface area (Å²) in [6.45, 7) is 5.10. The summed E-state index contributed by atoms with van der Waals surface area (Å²) in [6, 6.07) is 0.490. The van der Waals surface area contributed by atoms with E-state index in [1.807, 2.05) is 7.05 Å². The van der Waals surface area contributed by atoms with Crippen molar-refractivity contribution in [1.29, 1.82) is 0 Å². The summed E-state index contributed by atoms with van der Waals surface area (Å²) in [5, 5.41) is 3.28. The first-order valence-electron chi connectivity index (χ1n) is 5.80. The molecule has 1 unspecified atom stereocenters. The van der Waals surface area contributed by atoms with Crippen molar-refractivity contribution < 1.29 is 9.53 Å². The first-order chi connectivity index (χ1) is 7.24. The third-order valence-corrected chi connectivity index (χ3v) is 2.80.